The van der Waals surface area contributed by atoms with Crippen molar-refractivity contribution in [3.8, 4) is 0 Å². The van der Waals surface area contributed by atoms with Crippen LogP contribution in [0.2, 0.25) is 0 Å². The van der Waals surface area contributed by atoms with Crippen LogP contribution < -0.4 is 16.1 Å². The highest BCUT2D eigenvalue weighted by Crippen LogP contribution is 2.44. The number of carbonyl (C=O) groups is 1. The van der Waals surface area contributed by atoms with E-state index in [1.165, 1.54) is 0 Å². The highest BCUT2D eigenvalue weighted by Gasteiger charge is 2.52. The number of hydrogen-bond donors (Lipinski definition) is 2. The number of benzene rings is 1. The van der Waals surface area contributed by atoms with Gasteiger partial charge in [-0.15, -0.1) is 0 Å². The summed E-state index contributed by atoms with van der Waals surface area (Å²) in [6, 6.07) is 6.15. The van der Waals surface area contributed by atoms with Crippen molar-refractivity contribution in [2.24, 2.45) is 0 Å². The van der Waals surface area contributed by atoms with Crippen molar-refractivity contribution in [1.82, 2.24) is 5.32 Å². The average molecular weight is 328 g/mol. The van der Waals surface area contributed by atoms with Gasteiger partial charge in [0.15, 0.2) is 0 Å². The largest absolute Gasteiger partial charge is 0.494 e. The van der Waals surface area contributed by atoms with Gasteiger partial charge < -0.3 is 19.9 Å². The molecule has 24 heavy (non-hydrogen) atoms. The van der Waals surface area contributed by atoms with Gasteiger partial charge in [0.2, 0.25) is 5.91 Å². The van der Waals surface area contributed by atoms with Crippen LogP contribution in [-0.4, -0.2) is 37.3 Å². The number of fused-ring (bicyclic) bond motifs is 2. The molecule has 0 unspecified atom stereocenters. The van der Waals surface area contributed by atoms with E-state index >= 15 is 0 Å². The lowest BCUT2D eigenvalue weighted by Crippen LogP contribution is -2.44. The topological polar surface area (TPSA) is 59.6 Å². The van der Waals surface area contributed by atoms with Crippen molar-refractivity contribution < 1.29 is 14.1 Å². The Labute approximate surface area is 143 Å². The Kier molecular flexibility index (Phi) is 3.40. The molecular formula is C18H25BN2O3. The zero-order valence-electron chi connectivity index (χ0n) is 14.9. The van der Waals surface area contributed by atoms with Crippen molar-refractivity contribution in [2.45, 2.75) is 57.2 Å². The molecule has 3 heterocycles. The first-order chi connectivity index (χ1) is 11.3. The first-order valence-corrected chi connectivity index (χ1v) is 8.77. The maximum atomic E-state index is 12.6. The number of amides is 1. The Bertz CT molecular complexity index is 680. The lowest BCUT2D eigenvalue weighted by molar-refractivity contribution is -0.121. The third kappa shape index (κ3) is 2.16. The van der Waals surface area contributed by atoms with Crippen LogP contribution in [0.3, 0.4) is 0 Å². The molecule has 1 spiro atoms. The van der Waals surface area contributed by atoms with Gasteiger partial charge in [0.1, 0.15) is 0 Å². The highest BCUT2D eigenvalue weighted by atomic mass is 16.7. The molecule has 0 radical (unpaired) electrons. The standard InChI is InChI=1S/C18H25BN2O3/c1-16(2)17(3,4)24-19(23-16)12-5-6-13-14(11-12)21-15(22)18(13)7-9-20-10-8-18/h5-6,11,20H,7-10H2,1-4H3,(H,21,22). The Morgan fingerprint density at radius 2 is 1.67 bits per heavy atom. The monoisotopic (exact) mass is 328 g/mol. The number of piperidine rings is 1. The number of rotatable bonds is 1. The fourth-order valence-corrected chi connectivity index (χ4v) is 3.92. The molecule has 6 heteroatoms. The fourth-order valence-electron chi connectivity index (χ4n) is 3.92. The van der Waals surface area contributed by atoms with Gasteiger partial charge in [0.25, 0.3) is 0 Å². The zero-order valence-corrected chi connectivity index (χ0v) is 14.9. The molecule has 3 aliphatic rings. The smallest absolute Gasteiger partial charge is 0.399 e. The van der Waals surface area contributed by atoms with Crippen molar-refractivity contribution >= 4 is 24.2 Å². The van der Waals surface area contributed by atoms with Crippen molar-refractivity contribution in [3.63, 3.8) is 0 Å². The van der Waals surface area contributed by atoms with Gasteiger partial charge in [-0.2, -0.15) is 0 Å². The van der Waals surface area contributed by atoms with E-state index in [0.29, 0.717) is 0 Å². The van der Waals surface area contributed by atoms with Crippen LogP contribution in [0.25, 0.3) is 0 Å². The molecule has 4 rings (SSSR count). The summed E-state index contributed by atoms with van der Waals surface area (Å²) in [5.41, 5.74) is 1.89. The molecule has 1 amide bonds. The van der Waals surface area contributed by atoms with E-state index in [0.717, 1.165) is 42.6 Å². The van der Waals surface area contributed by atoms with Crippen LogP contribution in [-0.2, 0) is 19.5 Å². The summed E-state index contributed by atoms with van der Waals surface area (Å²) in [5, 5.41) is 6.43. The van der Waals surface area contributed by atoms with Crippen LogP contribution >= 0.6 is 0 Å². The number of nitrogens with one attached hydrogen (secondary N) is 2. The minimum absolute atomic E-state index is 0.130. The van der Waals surface area contributed by atoms with E-state index in [-0.39, 0.29) is 22.5 Å². The molecule has 1 aromatic carbocycles. The molecule has 2 saturated heterocycles. The third-order valence-electron chi connectivity index (χ3n) is 6.22. The zero-order chi connectivity index (χ0) is 17.2. The Morgan fingerprint density at radius 3 is 2.29 bits per heavy atom. The summed E-state index contributed by atoms with van der Waals surface area (Å²) in [4.78, 5) is 12.6. The van der Waals surface area contributed by atoms with Crippen LogP contribution in [0.1, 0.15) is 46.1 Å². The maximum Gasteiger partial charge on any atom is 0.494 e. The van der Waals surface area contributed by atoms with Gasteiger partial charge >= 0.3 is 7.12 Å². The minimum Gasteiger partial charge on any atom is -0.399 e. The molecule has 0 saturated carbocycles. The second-order valence-electron chi connectivity index (χ2n) is 8.18. The molecular weight excluding hydrogens is 303 g/mol. The van der Waals surface area contributed by atoms with Crippen molar-refractivity contribution in [3.05, 3.63) is 23.8 Å². The van der Waals surface area contributed by atoms with Gasteiger partial charge in [0, 0.05) is 5.69 Å². The number of anilines is 1. The highest BCUT2D eigenvalue weighted by molar-refractivity contribution is 6.62. The third-order valence-corrected chi connectivity index (χ3v) is 6.22. The summed E-state index contributed by atoms with van der Waals surface area (Å²) in [6.45, 7) is 9.95. The van der Waals surface area contributed by atoms with Gasteiger partial charge in [-0.3, -0.25) is 4.79 Å². The van der Waals surface area contributed by atoms with E-state index in [1.54, 1.807) is 0 Å². The summed E-state index contributed by atoms with van der Waals surface area (Å²) in [5.74, 6) is 0.130. The van der Waals surface area contributed by atoms with E-state index < -0.39 is 7.12 Å². The van der Waals surface area contributed by atoms with Gasteiger partial charge in [-0.25, -0.2) is 0 Å². The average Bonchev–Trinajstić information content (AvgIpc) is 2.91. The summed E-state index contributed by atoms with van der Waals surface area (Å²) in [6.07, 6.45) is 1.70. The molecule has 0 bridgehead atoms. The number of carbonyl (C=O) groups excluding carboxylic acids is 1. The van der Waals surface area contributed by atoms with E-state index in [4.69, 9.17) is 9.31 Å². The van der Waals surface area contributed by atoms with Gasteiger partial charge in [-0.1, -0.05) is 12.1 Å². The van der Waals surface area contributed by atoms with Gasteiger partial charge in [-0.05, 0) is 70.7 Å². The molecule has 2 N–H and O–H groups in total. The molecule has 128 valence electrons. The Morgan fingerprint density at radius 1 is 1.04 bits per heavy atom. The fraction of sp³-hybridized carbons (Fsp3) is 0.611. The predicted molar refractivity (Wildman–Crippen MR) is 94.6 cm³/mol. The van der Waals surface area contributed by atoms with E-state index in [1.807, 2.05) is 39.8 Å². The predicted octanol–water partition coefficient (Wildman–Crippen LogP) is 1.56. The lowest BCUT2D eigenvalue weighted by Gasteiger charge is -2.32. The first-order valence-electron chi connectivity index (χ1n) is 8.77. The van der Waals surface area contributed by atoms with Crippen LogP contribution in [0.4, 0.5) is 5.69 Å². The summed E-state index contributed by atoms with van der Waals surface area (Å²) >= 11 is 0. The molecule has 5 nitrogen and oxygen atoms in total. The quantitative estimate of drug-likeness (QED) is 0.768. The Balaban J connectivity index is 1.67. The molecule has 2 fully saturated rings. The molecule has 0 aromatic heterocycles. The van der Waals surface area contributed by atoms with Crippen molar-refractivity contribution in [2.75, 3.05) is 18.4 Å². The SMILES string of the molecule is CC1(C)OB(c2ccc3c(c2)NC(=O)C32CCNCC2)OC1(C)C. The van der Waals surface area contributed by atoms with E-state index in [9.17, 15) is 4.79 Å². The maximum absolute atomic E-state index is 12.6. The second kappa shape index (κ2) is 5.07. The second-order valence-corrected chi connectivity index (χ2v) is 8.18. The van der Waals surface area contributed by atoms with Gasteiger partial charge in [0.05, 0.1) is 16.6 Å². The molecule has 0 atom stereocenters. The number of hydrogen-bond acceptors (Lipinski definition) is 4. The van der Waals surface area contributed by atoms with Crippen molar-refractivity contribution in [1.29, 1.82) is 0 Å². The molecule has 1 aromatic rings. The first kappa shape index (κ1) is 16.1. The van der Waals surface area contributed by atoms with Crippen LogP contribution in [0.15, 0.2) is 18.2 Å². The van der Waals surface area contributed by atoms with Crippen LogP contribution in [0.5, 0.6) is 0 Å². The van der Waals surface area contributed by atoms with E-state index in [2.05, 4.69) is 16.7 Å². The molecule has 0 aliphatic carbocycles. The Hall–Kier alpha value is -1.37. The normalized spacial score (nSPS) is 26.5. The minimum atomic E-state index is -0.401. The van der Waals surface area contributed by atoms with Crippen LogP contribution in [0, 0.1) is 0 Å². The summed E-state index contributed by atoms with van der Waals surface area (Å²) < 4.78 is 12.3. The molecule has 3 aliphatic heterocycles. The summed E-state index contributed by atoms with van der Waals surface area (Å²) in [7, 11) is -0.401. The lowest BCUT2D eigenvalue weighted by atomic mass is 9.72.